The Balaban J connectivity index is 1.87. The largest absolute Gasteiger partial charge is 0.493 e. The van der Waals surface area contributed by atoms with Gasteiger partial charge in [0, 0.05) is 18.0 Å². The van der Waals surface area contributed by atoms with Gasteiger partial charge in [0.2, 0.25) is 0 Å². The zero-order valence-electron chi connectivity index (χ0n) is 19.5. The fraction of sp³-hybridized carbons (Fsp3) is 0.607. The molecule has 0 N–H and O–H groups in total. The summed E-state index contributed by atoms with van der Waals surface area (Å²) in [6.07, 6.45) is 22.2. The zero-order valence-corrected chi connectivity index (χ0v) is 19.5. The molecule has 1 aromatic heterocycles. The summed E-state index contributed by atoms with van der Waals surface area (Å²) in [6.45, 7) is 5.35. The lowest BCUT2D eigenvalue weighted by Crippen LogP contribution is -2.00. The molecule has 0 bridgehead atoms. The van der Waals surface area contributed by atoms with Crippen molar-refractivity contribution < 1.29 is 4.74 Å². The molecule has 0 radical (unpaired) electrons. The summed E-state index contributed by atoms with van der Waals surface area (Å²) in [7, 11) is 0. The van der Waals surface area contributed by atoms with Crippen molar-refractivity contribution in [1.82, 2.24) is 4.98 Å². The van der Waals surface area contributed by atoms with Crippen LogP contribution >= 0.6 is 0 Å². The Kier molecular flexibility index (Phi) is 13.0. The molecule has 0 fully saturated rings. The van der Waals surface area contributed by atoms with Crippen molar-refractivity contribution >= 4 is 0 Å². The molecule has 166 valence electrons. The van der Waals surface area contributed by atoms with Crippen molar-refractivity contribution in [3.05, 3.63) is 48.3 Å². The van der Waals surface area contributed by atoms with E-state index < -0.39 is 0 Å². The minimum atomic E-state index is 0.807. The number of aryl methyl sites for hydroxylation is 1. The first kappa shape index (κ1) is 24.4. The van der Waals surface area contributed by atoms with Crippen molar-refractivity contribution in [3.8, 4) is 16.9 Å². The summed E-state index contributed by atoms with van der Waals surface area (Å²) in [6, 6.07) is 10.7. The average molecular weight is 410 g/mol. The van der Waals surface area contributed by atoms with E-state index >= 15 is 0 Å². The molecular weight excluding hydrogens is 366 g/mol. The highest BCUT2D eigenvalue weighted by molar-refractivity contribution is 5.72. The summed E-state index contributed by atoms with van der Waals surface area (Å²) in [5.74, 6) is 1.01. The number of aromatic nitrogens is 1. The lowest BCUT2D eigenvalue weighted by atomic mass is 9.96. The van der Waals surface area contributed by atoms with E-state index in [0.29, 0.717) is 0 Å². The van der Waals surface area contributed by atoms with E-state index in [0.717, 1.165) is 25.2 Å². The lowest BCUT2D eigenvalue weighted by molar-refractivity contribution is 0.305. The predicted molar refractivity (Wildman–Crippen MR) is 130 cm³/mol. The summed E-state index contributed by atoms with van der Waals surface area (Å²) in [4.78, 5) is 4.41. The Morgan fingerprint density at radius 1 is 0.667 bits per heavy atom. The van der Waals surface area contributed by atoms with Crippen molar-refractivity contribution in [2.45, 2.75) is 104 Å². The van der Waals surface area contributed by atoms with Crippen LogP contribution in [0.2, 0.25) is 0 Å². The van der Waals surface area contributed by atoms with Gasteiger partial charge >= 0.3 is 0 Å². The van der Waals surface area contributed by atoms with Gasteiger partial charge in [-0.25, -0.2) is 0 Å². The smallest absolute Gasteiger partial charge is 0.127 e. The second-order valence-electron chi connectivity index (χ2n) is 8.52. The van der Waals surface area contributed by atoms with Gasteiger partial charge in [-0.1, -0.05) is 103 Å². The number of ether oxygens (including phenoxy) is 1. The Morgan fingerprint density at radius 3 is 2.03 bits per heavy atom. The number of hydrogen-bond acceptors (Lipinski definition) is 2. The summed E-state index contributed by atoms with van der Waals surface area (Å²) >= 11 is 0. The third-order valence-corrected chi connectivity index (χ3v) is 5.89. The average Bonchev–Trinajstić information content (AvgIpc) is 2.78. The normalized spacial score (nSPS) is 11.0. The van der Waals surface area contributed by atoms with E-state index in [-0.39, 0.29) is 0 Å². The number of benzene rings is 1. The van der Waals surface area contributed by atoms with Crippen molar-refractivity contribution in [1.29, 1.82) is 0 Å². The van der Waals surface area contributed by atoms with Crippen LogP contribution in [-0.2, 0) is 6.42 Å². The molecule has 2 nitrogen and oxygen atoms in total. The Morgan fingerprint density at radius 2 is 1.30 bits per heavy atom. The van der Waals surface area contributed by atoms with E-state index in [9.17, 15) is 0 Å². The van der Waals surface area contributed by atoms with Crippen LogP contribution in [0.15, 0.2) is 42.7 Å². The number of unbranched alkanes of at least 4 members (excludes halogenated alkanes) is 11. The Labute approximate surface area is 185 Å². The second kappa shape index (κ2) is 15.9. The molecule has 0 saturated heterocycles. The number of hydrogen-bond donors (Lipinski definition) is 0. The van der Waals surface area contributed by atoms with Gasteiger partial charge in [0.1, 0.15) is 5.75 Å². The van der Waals surface area contributed by atoms with Crippen LogP contribution in [0.1, 0.15) is 103 Å². The van der Waals surface area contributed by atoms with Crippen LogP contribution in [0, 0.1) is 0 Å². The number of pyridine rings is 1. The quantitative estimate of drug-likeness (QED) is 0.243. The van der Waals surface area contributed by atoms with Crippen LogP contribution in [-0.4, -0.2) is 11.6 Å². The van der Waals surface area contributed by atoms with Crippen LogP contribution in [0.3, 0.4) is 0 Å². The summed E-state index contributed by atoms with van der Waals surface area (Å²) < 4.78 is 6.21. The minimum absolute atomic E-state index is 0.807. The van der Waals surface area contributed by atoms with Crippen molar-refractivity contribution in [2.24, 2.45) is 0 Å². The molecule has 0 aliphatic rings. The lowest BCUT2D eigenvalue weighted by Gasteiger charge is -2.14. The van der Waals surface area contributed by atoms with Crippen LogP contribution in [0.4, 0.5) is 0 Å². The first-order valence-corrected chi connectivity index (χ1v) is 12.5. The van der Waals surface area contributed by atoms with Crippen LogP contribution in [0.5, 0.6) is 5.75 Å². The molecule has 1 heterocycles. The molecule has 0 saturated carbocycles. The van der Waals surface area contributed by atoms with Gasteiger partial charge in [0.25, 0.3) is 0 Å². The van der Waals surface area contributed by atoms with Gasteiger partial charge in [0.05, 0.1) is 6.61 Å². The summed E-state index contributed by atoms with van der Waals surface area (Å²) in [5.41, 5.74) is 3.85. The highest BCUT2D eigenvalue weighted by Crippen LogP contribution is 2.33. The third-order valence-electron chi connectivity index (χ3n) is 5.89. The molecule has 2 aromatic rings. The zero-order chi connectivity index (χ0) is 21.3. The maximum absolute atomic E-state index is 6.21. The van der Waals surface area contributed by atoms with E-state index in [1.807, 2.05) is 6.20 Å². The van der Waals surface area contributed by atoms with E-state index in [1.165, 1.54) is 93.7 Å². The molecule has 0 unspecified atom stereocenters. The standard InChI is InChI=1S/C28H43NO/c1-3-5-7-9-11-12-14-18-25-24-29-22-21-26(25)27-19-15-16-20-28(27)30-23-17-13-10-8-6-4-2/h15-16,19-22,24H,3-14,17-18,23H2,1-2H3. The number of rotatable bonds is 17. The molecule has 2 rings (SSSR count). The predicted octanol–water partition coefficient (Wildman–Crippen LogP) is 8.78. The van der Waals surface area contributed by atoms with Gasteiger partial charge in [0.15, 0.2) is 0 Å². The van der Waals surface area contributed by atoms with Gasteiger partial charge in [-0.15, -0.1) is 0 Å². The van der Waals surface area contributed by atoms with Gasteiger partial charge < -0.3 is 4.74 Å². The highest BCUT2D eigenvalue weighted by Gasteiger charge is 2.10. The molecule has 0 spiro atoms. The molecule has 0 aliphatic carbocycles. The number of nitrogens with zero attached hydrogens (tertiary/aromatic N) is 1. The highest BCUT2D eigenvalue weighted by atomic mass is 16.5. The maximum atomic E-state index is 6.21. The molecule has 0 atom stereocenters. The van der Waals surface area contributed by atoms with Gasteiger partial charge in [-0.05, 0) is 42.5 Å². The molecule has 30 heavy (non-hydrogen) atoms. The minimum Gasteiger partial charge on any atom is -0.493 e. The molecular formula is C28H43NO. The van der Waals surface area contributed by atoms with Crippen molar-refractivity contribution in [2.75, 3.05) is 6.61 Å². The van der Waals surface area contributed by atoms with E-state index in [1.54, 1.807) is 0 Å². The SMILES string of the molecule is CCCCCCCCCc1cnccc1-c1ccccc1OCCCCCCCC. The molecule has 2 heteroatoms. The van der Waals surface area contributed by atoms with Gasteiger partial charge in [-0.2, -0.15) is 0 Å². The fourth-order valence-corrected chi connectivity index (χ4v) is 4.04. The van der Waals surface area contributed by atoms with Crippen molar-refractivity contribution in [3.63, 3.8) is 0 Å². The second-order valence-corrected chi connectivity index (χ2v) is 8.52. The Hall–Kier alpha value is -1.83. The van der Waals surface area contributed by atoms with E-state index in [2.05, 4.69) is 55.4 Å². The van der Waals surface area contributed by atoms with Gasteiger partial charge in [-0.3, -0.25) is 4.98 Å². The van der Waals surface area contributed by atoms with E-state index in [4.69, 9.17) is 4.74 Å². The topological polar surface area (TPSA) is 22.1 Å². The third kappa shape index (κ3) is 9.32. The first-order chi connectivity index (χ1) is 14.9. The summed E-state index contributed by atoms with van der Waals surface area (Å²) in [5, 5.41) is 0. The Bertz CT molecular complexity index is 622. The molecule has 1 aromatic carbocycles. The van der Waals surface area contributed by atoms with Crippen LogP contribution < -0.4 is 4.74 Å². The maximum Gasteiger partial charge on any atom is 0.127 e. The molecule has 0 amide bonds. The van der Waals surface area contributed by atoms with Crippen LogP contribution in [0.25, 0.3) is 11.1 Å². The monoisotopic (exact) mass is 409 g/mol. The fourth-order valence-electron chi connectivity index (χ4n) is 4.04. The molecule has 0 aliphatic heterocycles. The number of para-hydroxylation sites is 1. The first-order valence-electron chi connectivity index (χ1n) is 12.5.